The summed E-state index contributed by atoms with van der Waals surface area (Å²) in [5, 5.41) is 13.6. The first-order valence-electron chi connectivity index (χ1n) is 18.6. The molecule has 284 valence electrons. The Hall–Kier alpha value is -3.58. The minimum absolute atomic E-state index is 0.118. The first-order valence-corrected chi connectivity index (χ1v) is 18.6. The van der Waals surface area contributed by atoms with Crippen molar-refractivity contribution in [3.05, 3.63) is 53.6 Å². The van der Waals surface area contributed by atoms with Gasteiger partial charge >= 0.3 is 6.09 Å². The number of hydrogen-bond acceptors (Lipinski definition) is 10. The number of alkyl carbamates (subject to hydrolysis) is 1. The summed E-state index contributed by atoms with van der Waals surface area (Å²) in [6, 6.07) is 13.7. The lowest BCUT2D eigenvalue weighted by Crippen LogP contribution is -2.46. The zero-order valence-electron chi connectivity index (χ0n) is 31.0. The third-order valence-electron chi connectivity index (χ3n) is 9.82. The Balaban J connectivity index is 1.10. The summed E-state index contributed by atoms with van der Waals surface area (Å²) in [4.78, 5) is 28.4. The molecule has 2 aromatic rings. The van der Waals surface area contributed by atoms with Gasteiger partial charge < -0.3 is 39.8 Å². The van der Waals surface area contributed by atoms with Gasteiger partial charge in [-0.3, -0.25) is 14.6 Å². The SMILES string of the molecule is COc1ccc(CCO[C@@H]2CCCC[C@H]2N2CC[C@@H](OC(=O)NCCCCN(CC(O)COc3ccc(CC(N)=O)cc3)C(C)C)C2)cc1OC. The van der Waals surface area contributed by atoms with Gasteiger partial charge in [0, 0.05) is 38.3 Å². The number of unbranched alkanes of at least 4 members (excludes halogenated alkanes) is 1. The number of nitrogens with two attached hydrogens (primary N) is 1. The number of rotatable bonds is 21. The summed E-state index contributed by atoms with van der Waals surface area (Å²) >= 11 is 0. The number of ether oxygens (including phenoxy) is 5. The van der Waals surface area contributed by atoms with E-state index in [0.29, 0.717) is 31.5 Å². The molecule has 2 fully saturated rings. The van der Waals surface area contributed by atoms with Crippen LogP contribution in [0.4, 0.5) is 4.79 Å². The largest absolute Gasteiger partial charge is 0.493 e. The number of carbonyl (C=O) groups excluding carboxylic acids is 2. The molecule has 1 heterocycles. The predicted molar refractivity (Wildman–Crippen MR) is 196 cm³/mol. The molecule has 1 saturated carbocycles. The smallest absolute Gasteiger partial charge is 0.407 e. The van der Waals surface area contributed by atoms with E-state index >= 15 is 0 Å². The molecule has 0 spiro atoms. The van der Waals surface area contributed by atoms with Crippen molar-refractivity contribution in [3.63, 3.8) is 0 Å². The molecule has 12 heteroatoms. The van der Waals surface area contributed by atoms with E-state index in [9.17, 15) is 14.7 Å². The Bertz CT molecular complexity index is 1340. The van der Waals surface area contributed by atoms with Crippen molar-refractivity contribution in [1.82, 2.24) is 15.1 Å². The van der Waals surface area contributed by atoms with Crippen LogP contribution in [0.5, 0.6) is 17.2 Å². The van der Waals surface area contributed by atoms with E-state index in [1.54, 1.807) is 38.5 Å². The van der Waals surface area contributed by atoms with Crippen LogP contribution in [-0.2, 0) is 27.1 Å². The Morgan fingerprint density at radius 2 is 1.75 bits per heavy atom. The number of amides is 2. The molecular formula is C39H60N4O8. The Kier molecular flexibility index (Phi) is 16.6. The van der Waals surface area contributed by atoms with E-state index in [2.05, 4.69) is 35.0 Å². The van der Waals surface area contributed by atoms with E-state index in [1.165, 1.54) is 12.8 Å². The fraction of sp³-hybridized carbons (Fsp3) is 0.641. The van der Waals surface area contributed by atoms with E-state index in [0.717, 1.165) is 80.8 Å². The third-order valence-corrected chi connectivity index (χ3v) is 9.82. The number of primary amides is 1. The second kappa shape index (κ2) is 21.1. The lowest BCUT2D eigenvalue weighted by atomic mass is 9.91. The Morgan fingerprint density at radius 1 is 1.00 bits per heavy atom. The Morgan fingerprint density at radius 3 is 2.47 bits per heavy atom. The molecule has 4 rings (SSSR count). The fourth-order valence-corrected chi connectivity index (χ4v) is 7.01. The van der Waals surface area contributed by atoms with Crippen LogP contribution in [0.3, 0.4) is 0 Å². The zero-order valence-corrected chi connectivity index (χ0v) is 31.0. The summed E-state index contributed by atoms with van der Waals surface area (Å²) in [6.07, 6.45) is 7.08. The van der Waals surface area contributed by atoms with Gasteiger partial charge in [-0.25, -0.2) is 4.79 Å². The number of nitrogens with zero attached hydrogens (tertiary/aromatic N) is 2. The second-order valence-electron chi connectivity index (χ2n) is 14.0. The minimum atomic E-state index is -0.656. The molecule has 1 saturated heterocycles. The average Bonchev–Trinajstić information content (AvgIpc) is 3.58. The lowest BCUT2D eigenvalue weighted by molar-refractivity contribution is -0.117. The van der Waals surface area contributed by atoms with Gasteiger partial charge in [-0.15, -0.1) is 0 Å². The second-order valence-corrected chi connectivity index (χ2v) is 14.0. The van der Waals surface area contributed by atoms with Gasteiger partial charge in [0.25, 0.3) is 0 Å². The number of likely N-dealkylation sites (tertiary alicyclic amines) is 1. The molecule has 51 heavy (non-hydrogen) atoms. The van der Waals surface area contributed by atoms with Gasteiger partial charge in [0.05, 0.1) is 33.4 Å². The molecule has 1 unspecified atom stereocenters. The van der Waals surface area contributed by atoms with Crippen molar-refractivity contribution in [3.8, 4) is 17.2 Å². The predicted octanol–water partition coefficient (Wildman–Crippen LogP) is 4.33. The van der Waals surface area contributed by atoms with Crippen molar-refractivity contribution in [2.45, 2.75) is 102 Å². The van der Waals surface area contributed by atoms with Crippen LogP contribution in [0, 0.1) is 0 Å². The number of benzene rings is 2. The minimum Gasteiger partial charge on any atom is -0.493 e. The molecule has 0 bridgehead atoms. The molecule has 0 radical (unpaired) electrons. The number of methoxy groups -OCH3 is 2. The molecule has 4 atom stereocenters. The molecule has 12 nitrogen and oxygen atoms in total. The monoisotopic (exact) mass is 712 g/mol. The maximum atomic E-state index is 12.6. The van der Waals surface area contributed by atoms with Gasteiger partial charge in [0.2, 0.25) is 5.91 Å². The third kappa shape index (κ3) is 13.5. The molecule has 1 aliphatic heterocycles. The van der Waals surface area contributed by atoms with Gasteiger partial charge in [-0.1, -0.05) is 31.0 Å². The van der Waals surface area contributed by atoms with E-state index < -0.39 is 6.10 Å². The van der Waals surface area contributed by atoms with Crippen LogP contribution in [-0.4, -0.2) is 117 Å². The van der Waals surface area contributed by atoms with Crippen molar-refractivity contribution < 1.29 is 38.4 Å². The summed E-state index contributed by atoms with van der Waals surface area (Å²) < 4.78 is 28.8. The molecule has 4 N–H and O–H groups in total. The highest BCUT2D eigenvalue weighted by Gasteiger charge is 2.36. The van der Waals surface area contributed by atoms with Crippen LogP contribution in [0.1, 0.15) is 69.9 Å². The summed E-state index contributed by atoms with van der Waals surface area (Å²) in [5.74, 6) is 1.71. The summed E-state index contributed by atoms with van der Waals surface area (Å²) in [5.41, 5.74) is 7.22. The van der Waals surface area contributed by atoms with Gasteiger partial charge in [0.15, 0.2) is 11.5 Å². The maximum absolute atomic E-state index is 12.6. The quantitative estimate of drug-likeness (QED) is 0.160. The van der Waals surface area contributed by atoms with E-state index in [4.69, 9.17) is 29.4 Å². The van der Waals surface area contributed by atoms with E-state index in [1.807, 2.05) is 12.1 Å². The van der Waals surface area contributed by atoms with Crippen LogP contribution in [0.25, 0.3) is 0 Å². The highest BCUT2D eigenvalue weighted by Crippen LogP contribution is 2.30. The van der Waals surface area contributed by atoms with E-state index in [-0.39, 0.29) is 43.3 Å². The highest BCUT2D eigenvalue weighted by atomic mass is 16.6. The Labute approximate surface area is 303 Å². The van der Waals surface area contributed by atoms with Crippen molar-refractivity contribution in [2.75, 3.05) is 60.2 Å². The fourth-order valence-electron chi connectivity index (χ4n) is 7.01. The maximum Gasteiger partial charge on any atom is 0.407 e. The molecule has 2 aliphatic rings. The molecule has 2 amide bonds. The number of hydrogen-bond donors (Lipinski definition) is 3. The standard InChI is InChI=1S/C39H60N4O8/c1-28(2)42(25-31(44)27-50-32-14-11-29(12-15-32)24-38(40)45)20-8-7-19-41-39(46)51-33-17-21-43(26-33)34-9-5-6-10-35(34)49-22-18-30-13-16-36(47-3)37(23-30)48-4/h11-16,23,28,31,33-35,44H,5-10,17-22,24-27H2,1-4H3,(H2,40,45)(H,41,46)/t31?,33-,34-,35-/m1/s1. The topological polar surface area (TPSA) is 145 Å². The van der Waals surface area contributed by atoms with Crippen molar-refractivity contribution >= 4 is 12.0 Å². The average molecular weight is 713 g/mol. The number of carbonyl (C=O) groups is 2. The highest BCUT2D eigenvalue weighted by molar-refractivity contribution is 5.76. The molecular weight excluding hydrogens is 652 g/mol. The number of aliphatic hydroxyl groups excluding tert-OH is 1. The van der Waals surface area contributed by atoms with Crippen LogP contribution in [0.2, 0.25) is 0 Å². The summed E-state index contributed by atoms with van der Waals surface area (Å²) in [7, 11) is 3.29. The zero-order chi connectivity index (χ0) is 36.6. The molecule has 0 aromatic heterocycles. The number of nitrogens with one attached hydrogen (secondary N) is 1. The molecule has 2 aromatic carbocycles. The van der Waals surface area contributed by atoms with Crippen LogP contribution >= 0.6 is 0 Å². The lowest BCUT2D eigenvalue weighted by Gasteiger charge is -2.37. The number of aliphatic hydroxyl groups is 1. The molecule has 1 aliphatic carbocycles. The van der Waals surface area contributed by atoms with Gasteiger partial charge in [-0.2, -0.15) is 0 Å². The normalized spacial score (nSPS) is 19.9. The van der Waals surface area contributed by atoms with Crippen LogP contribution in [0.15, 0.2) is 42.5 Å². The first-order chi connectivity index (χ1) is 24.6. The van der Waals surface area contributed by atoms with Crippen molar-refractivity contribution in [1.29, 1.82) is 0 Å². The van der Waals surface area contributed by atoms with Gasteiger partial charge in [-0.05, 0) is 94.3 Å². The summed E-state index contributed by atoms with van der Waals surface area (Å²) in [6.45, 7) is 8.48. The van der Waals surface area contributed by atoms with Crippen LogP contribution < -0.4 is 25.3 Å². The van der Waals surface area contributed by atoms with Gasteiger partial charge in [0.1, 0.15) is 24.6 Å². The van der Waals surface area contributed by atoms with Crippen molar-refractivity contribution in [2.24, 2.45) is 5.73 Å². The first kappa shape index (κ1) is 40.2.